The van der Waals surface area contributed by atoms with Crippen LogP contribution in [0.5, 0.6) is 0 Å². The fraction of sp³-hybridized carbons (Fsp3) is 0.487. The van der Waals surface area contributed by atoms with Crippen LogP contribution in [0, 0.1) is 11.8 Å². The minimum atomic E-state index is -0.750. The quantitative estimate of drug-likeness (QED) is 0.207. The molecule has 3 aliphatic rings. The summed E-state index contributed by atoms with van der Waals surface area (Å²) in [4.78, 5) is 77.2. The fourth-order valence-corrected chi connectivity index (χ4v) is 6.82. The van der Waals surface area contributed by atoms with Crippen LogP contribution in [-0.4, -0.2) is 81.2 Å². The molecule has 0 saturated carbocycles. The normalized spacial score (nSPS) is 15.9. The first-order chi connectivity index (χ1) is 26.2. The summed E-state index contributed by atoms with van der Waals surface area (Å²) < 4.78 is 12.1. The maximum Gasteiger partial charge on any atom is 0.410 e. The van der Waals surface area contributed by atoms with E-state index >= 15 is 0 Å². The second-order valence-electron chi connectivity index (χ2n) is 13.9. The Kier molecular flexibility index (Phi) is 14.7. The molecule has 6 rings (SSSR count). The number of carboxylic acids is 1. The first-order valence-electron chi connectivity index (χ1n) is 18.7. The molecule has 0 aliphatic carbocycles. The standard InChI is InChI=1S/C23H29N5O5.C16H21NO4/c29-18(25-19-20-24-11-4-12-28(20)22(31)26-21(19)30)8-7-16-9-13-27(14-10-16)23(32)33-15-17-5-2-1-3-6-17;18-15(19)7-6-13-8-10-17(11-9-13)16(20)21-12-14-4-2-1-3-5-14/h1-3,5-6,16,24H,4,7-15H2,(H,25,29)(H,26,30,31);1-5,13H,6-12H2,(H,18,19). The maximum absolute atomic E-state index is 12.5. The van der Waals surface area contributed by atoms with Gasteiger partial charge in [0.1, 0.15) is 24.7 Å². The van der Waals surface area contributed by atoms with Gasteiger partial charge in [-0.3, -0.25) is 23.9 Å². The Morgan fingerprint density at radius 3 is 1.72 bits per heavy atom. The zero-order valence-corrected chi connectivity index (χ0v) is 30.5. The number of aliphatic carboxylic acids is 1. The lowest BCUT2D eigenvalue weighted by molar-refractivity contribution is -0.137. The Balaban J connectivity index is 0.000000230. The van der Waals surface area contributed by atoms with Crippen molar-refractivity contribution in [2.45, 2.75) is 77.5 Å². The molecule has 290 valence electrons. The van der Waals surface area contributed by atoms with E-state index in [-0.39, 0.29) is 43.2 Å². The number of carbonyl (C=O) groups excluding carboxylic acids is 3. The van der Waals surface area contributed by atoms with Gasteiger partial charge in [0, 0.05) is 52.1 Å². The first-order valence-corrected chi connectivity index (χ1v) is 18.7. The summed E-state index contributed by atoms with van der Waals surface area (Å²) in [6.07, 6.45) is 5.32. The van der Waals surface area contributed by atoms with E-state index in [0.29, 0.717) is 76.4 Å². The summed E-state index contributed by atoms with van der Waals surface area (Å²) in [5.74, 6) is 0.0707. The molecule has 0 spiro atoms. The van der Waals surface area contributed by atoms with Crippen LogP contribution in [0.1, 0.15) is 68.9 Å². The number of fused-ring (bicyclic) bond motifs is 1. The van der Waals surface area contributed by atoms with E-state index in [9.17, 15) is 28.8 Å². The van der Waals surface area contributed by atoms with Crippen LogP contribution in [0.15, 0.2) is 70.3 Å². The number of carbonyl (C=O) groups is 4. The van der Waals surface area contributed by atoms with Crippen molar-refractivity contribution in [1.29, 1.82) is 0 Å². The lowest BCUT2D eigenvalue weighted by Gasteiger charge is -2.31. The molecule has 1 aromatic heterocycles. The highest BCUT2D eigenvalue weighted by atomic mass is 16.6. The number of aromatic amines is 1. The molecule has 2 fully saturated rings. The SMILES string of the molecule is O=C(CCC1CCN(C(=O)OCc2ccccc2)CC1)Nc1c2n(c(=O)[nH]c1=O)CCCN2.O=C(O)CCC1CCN(C(=O)OCc2ccccc2)CC1. The summed E-state index contributed by atoms with van der Waals surface area (Å²) >= 11 is 0. The Bertz CT molecular complexity index is 1820. The van der Waals surface area contributed by atoms with Gasteiger partial charge in [0.2, 0.25) is 5.91 Å². The number of aromatic nitrogens is 2. The van der Waals surface area contributed by atoms with Gasteiger partial charge in [0.05, 0.1) is 0 Å². The molecule has 0 unspecified atom stereocenters. The van der Waals surface area contributed by atoms with E-state index in [1.165, 1.54) is 4.57 Å². The summed E-state index contributed by atoms with van der Waals surface area (Å²) in [6, 6.07) is 19.2. The number of carboxylic acid groups (broad SMARTS) is 1. The number of amides is 3. The molecule has 2 aromatic carbocycles. The number of piperidine rings is 2. The zero-order valence-electron chi connectivity index (χ0n) is 30.5. The van der Waals surface area contributed by atoms with E-state index in [1.54, 1.807) is 9.80 Å². The molecular weight excluding hydrogens is 696 g/mol. The van der Waals surface area contributed by atoms with Crippen LogP contribution >= 0.6 is 0 Å². The predicted octanol–water partition coefficient (Wildman–Crippen LogP) is 5.02. The number of ether oxygens (including phenoxy) is 2. The van der Waals surface area contributed by atoms with Gasteiger partial charge in [-0.25, -0.2) is 14.4 Å². The third kappa shape index (κ3) is 12.0. The van der Waals surface area contributed by atoms with E-state index < -0.39 is 17.2 Å². The van der Waals surface area contributed by atoms with Gasteiger partial charge in [0.15, 0.2) is 0 Å². The number of hydrogen-bond donors (Lipinski definition) is 4. The number of anilines is 2. The number of benzene rings is 2. The smallest absolute Gasteiger partial charge is 0.410 e. The second-order valence-corrected chi connectivity index (χ2v) is 13.9. The molecule has 0 bridgehead atoms. The molecule has 2 saturated heterocycles. The number of nitrogens with one attached hydrogen (secondary N) is 3. The predicted molar refractivity (Wildman–Crippen MR) is 201 cm³/mol. The van der Waals surface area contributed by atoms with Crippen LogP contribution in [0.2, 0.25) is 0 Å². The minimum Gasteiger partial charge on any atom is -0.481 e. The molecule has 0 radical (unpaired) electrons. The monoisotopic (exact) mass is 746 g/mol. The average molecular weight is 747 g/mol. The van der Waals surface area contributed by atoms with E-state index in [0.717, 1.165) is 43.2 Å². The van der Waals surface area contributed by atoms with Gasteiger partial charge < -0.3 is 35.0 Å². The number of hydrogen-bond acceptors (Lipinski definition) is 9. The van der Waals surface area contributed by atoms with Crippen LogP contribution in [0.4, 0.5) is 21.1 Å². The molecule has 15 nitrogen and oxygen atoms in total. The molecule has 15 heteroatoms. The van der Waals surface area contributed by atoms with Crippen molar-refractivity contribution < 1.29 is 33.8 Å². The highest BCUT2D eigenvalue weighted by molar-refractivity contribution is 5.93. The van der Waals surface area contributed by atoms with Gasteiger partial charge in [-0.15, -0.1) is 0 Å². The Morgan fingerprint density at radius 1 is 0.722 bits per heavy atom. The molecule has 54 heavy (non-hydrogen) atoms. The molecule has 0 atom stereocenters. The third-order valence-corrected chi connectivity index (χ3v) is 10.0. The van der Waals surface area contributed by atoms with E-state index in [4.69, 9.17) is 14.6 Å². The number of nitrogens with zero attached hydrogens (tertiary/aromatic N) is 3. The lowest BCUT2D eigenvalue weighted by atomic mass is 9.92. The number of rotatable bonds is 11. The molecule has 3 amide bonds. The van der Waals surface area contributed by atoms with Gasteiger partial charge in [-0.2, -0.15) is 0 Å². The Labute approximate surface area is 313 Å². The van der Waals surface area contributed by atoms with Crippen molar-refractivity contribution in [1.82, 2.24) is 19.4 Å². The van der Waals surface area contributed by atoms with E-state index in [2.05, 4.69) is 15.6 Å². The summed E-state index contributed by atoms with van der Waals surface area (Å²) in [5, 5.41) is 14.4. The summed E-state index contributed by atoms with van der Waals surface area (Å²) in [7, 11) is 0. The van der Waals surface area contributed by atoms with Gasteiger partial charge in [0.25, 0.3) is 5.56 Å². The molecule has 3 aliphatic heterocycles. The van der Waals surface area contributed by atoms with Crippen molar-refractivity contribution in [3.05, 3.63) is 92.6 Å². The Hall–Kier alpha value is -5.60. The average Bonchev–Trinajstić information content (AvgIpc) is 3.20. The van der Waals surface area contributed by atoms with E-state index in [1.807, 2.05) is 60.7 Å². The lowest BCUT2D eigenvalue weighted by Crippen LogP contribution is -2.39. The van der Waals surface area contributed by atoms with Crippen LogP contribution in [-0.2, 0) is 38.8 Å². The van der Waals surface area contributed by atoms with Gasteiger partial charge in [-0.05, 0) is 67.9 Å². The zero-order chi connectivity index (χ0) is 38.3. The highest BCUT2D eigenvalue weighted by Gasteiger charge is 2.26. The Morgan fingerprint density at radius 2 is 1.22 bits per heavy atom. The van der Waals surface area contributed by atoms with Gasteiger partial charge >= 0.3 is 23.8 Å². The van der Waals surface area contributed by atoms with Crippen LogP contribution in [0.3, 0.4) is 0 Å². The molecular formula is C39H50N6O9. The fourth-order valence-electron chi connectivity index (χ4n) is 6.82. The number of H-pyrrole nitrogens is 1. The van der Waals surface area contributed by atoms with Crippen molar-refractivity contribution >= 4 is 35.6 Å². The third-order valence-electron chi connectivity index (χ3n) is 10.0. The van der Waals surface area contributed by atoms with Crippen molar-refractivity contribution in [3.8, 4) is 0 Å². The topological polar surface area (TPSA) is 192 Å². The number of likely N-dealkylation sites (tertiary alicyclic amines) is 2. The second kappa shape index (κ2) is 20.0. The van der Waals surface area contributed by atoms with Crippen LogP contribution < -0.4 is 21.9 Å². The van der Waals surface area contributed by atoms with Crippen molar-refractivity contribution in [2.75, 3.05) is 43.4 Å². The summed E-state index contributed by atoms with van der Waals surface area (Å²) in [6.45, 7) is 4.17. The molecule has 4 heterocycles. The maximum atomic E-state index is 12.5. The highest BCUT2D eigenvalue weighted by Crippen LogP contribution is 2.25. The van der Waals surface area contributed by atoms with Gasteiger partial charge in [-0.1, -0.05) is 60.7 Å². The van der Waals surface area contributed by atoms with Crippen molar-refractivity contribution in [2.24, 2.45) is 11.8 Å². The largest absolute Gasteiger partial charge is 0.481 e. The molecule has 4 N–H and O–H groups in total. The minimum absolute atomic E-state index is 0.0929. The van der Waals surface area contributed by atoms with Crippen molar-refractivity contribution in [3.63, 3.8) is 0 Å². The van der Waals surface area contributed by atoms with Crippen LogP contribution in [0.25, 0.3) is 0 Å². The first kappa shape index (κ1) is 39.6. The molecule has 3 aromatic rings. The summed E-state index contributed by atoms with van der Waals surface area (Å²) in [5.41, 5.74) is 0.938.